The maximum Gasteiger partial charge on any atom is 0.227 e. The largest absolute Gasteiger partial charge is 0.329 e. The van der Waals surface area contributed by atoms with E-state index in [4.69, 9.17) is 5.73 Å². The van der Waals surface area contributed by atoms with Crippen LogP contribution in [0.4, 0.5) is 5.82 Å². The summed E-state index contributed by atoms with van der Waals surface area (Å²) in [6.45, 7) is 2.04. The highest BCUT2D eigenvalue weighted by molar-refractivity contribution is 5.96. The topological polar surface area (TPSA) is 110 Å². The van der Waals surface area contributed by atoms with Crippen LogP contribution in [0.25, 0.3) is 11.2 Å². The monoisotopic (exact) mass is 320 g/mol. The van der Waals surface area contributed by atoms with E-state index < -0.39 is 0 Å². The first-order chi connectivity index (χ1) is 8.70. The Bertz CT molecular complexity index is 546. The van der Waals surface area contributed by atoms with Crippen molar-refractivity contribution in [2.24, 2.45) is 5.73 Å². The van der Waals surface area contributed by atoms with Gasteiger partial charge in [-0.1, -0.05) is 13.3 Å². The normalized spacial score (nSPS) is 11.3. The number of halogens is 2. The lowest BCUT2D eigenvalue weighted by Gasteiger charge is -2.09. The van der Waals surface area contributed by atoms with Gasteiger partial charge >= 0.3 is 0 Å². The molecule has 0 spiro atoms. The number of carbonyl (C=O) groups is 1. The van der Waals surface area contributed by atoms with Crippen LogP contribution >= 0.6 is 24.8 Å². The minimum Gasteiger partial charge on any atom is -0.329 e. The van der Waals surface area contributed by atoms with Crippen LogP contribution < -0.4 is 11.1 Å². The lowest BCUT2D eigenvalue weighted by atomic mass is 10.1. The Labute approximate surface area is 129 Å². The first kappa shape index (κ1) is 18.6. The van der Waals surface area contributed by atoms with Crippen molar-refractivity contribution in [3.8, 4) is 0 Å². The Morgan fingerprint density at radius 2 is 2.15 bits per heavy atom. The van der Waals surface area contributed by atoms with Gasteiger partial charge in [-0.3, -0.25) is 4.79 Å². The van der Waals surface area contributed by atoms with Crippen molar-refractivity contribution in [3.05, 3.63) is 12.7 Å². The number of hydrogen-bond donors (Lipinski definition) is 3. The van der Waals surface area contributed by atoms with Gasteiger partial charge in [0.05, 0.1) is 6.33 Å². The molecular weight excluding hydrogens is 303 g/mol. The molecule has 1 atom stereocenters. The van der Waals surface area contributed by atoms with Crippen molar-refractivity contribution < 1.29 is 4.79 Å². The number of hydrogen-bond acceptors (Lipinski definition) is 5. The van der Waals surface area contributed by atoms with Gasteiger partial charge in [0.1, 0.15) is 6.33 Å². The smallest absolute Gasteiger partial charge is 0.227 e. The van der Waals surface area contributed by atoms with Gasteiger partial charge in [0.2, 0.25) is 5.91 Å². The number of amides is 1. The summed E-state index contributed by atoms with van der Waals surface area (Å²) in [5, 5.41) is 2.71. The molecule has 112 valence electrons. The second kappa shape index (κ2) is 8.68. The van der Waals surface area contributed by atoms with Crippen LogP contribution in [-0.4, -0.2) is 31.9 Å². The second-order valence-corrected chi connectivity index (χ2v) is 4.12. The van der Waals surface area contributed by atoms with E-state index in [1.54, 1.807) is 0 Å². The van der Waals surface area contributed by atoms with Gasteiger partial charge in [-0.25, -0.2) is 15.0 Å². The highest BCUT2D eigenvalue weighted by Crippen LogP contribution is 2.14. The summed E-state index contributed by atoms with van der Waals surface area (Å²) in [7, 11) is 0. The third kappa shape index (κ3) is 4.59. The molecule has 0 saturated carbocycles. The number of H-pyrrole nitrogens is 1. The Hall–Kier alpha value is -1.44. The Kier molecular flexibility index (Phi) is 8.05. The summed E-state index contributed by atoms with van der Waals surface area (Å²) in [6.07, 6.45) is 4.96. The van der Waals surface area contributed by atoms with E-state index in [-0.39, 0.29) is 43.2 Å². The van der Waals surface area contributed by atoms with Gasteiger partial charge in [0, 0.05) is 12.5 Å². The second-order valence-electron chi connectivity index (χ2n) is 4.12. The van der Waals surface area contributed by atoms with Crippen LogP contribution in [-0.2, 0) is 4.79 Å². The maximum absolute atomic E-state index is 11.8. The molecule has 0 bridgehead atoms. The number of carbonyl (C=O) groups excluding carboxylic acids is 1. The highest BCUT2D eigenvalue weighted by atomic mass is 35.5. The van der Waals surface area contributed by atoms with Crippen LogP contribution in [0.2, 0.25) is 0 Å². The summed E-state index contributed by atoms with van der Waals surface area (Å²) in [6, 6.07) is -0.119. The first-order valence-electron chi connectivity index (χ1n) is 5.90. The third-order valence-electron chi connectivity index (χ3n) is 2.58. The molecule has 0 aliphatic carbocycles. The van der Waals surface area contributed by atoms with E-state index >= 15 is 0 Å². The summed E-state index contributed by atoms with van der Waals surface area (Å²) in [5.41, 5.74) is 6.96. The van der Waals surface area contributed by atoms with Crippen molar-refractivity contribution in [2.75, 3.05) is 5.32 Å². The predicted molar refractivity (Wildman–Crippen MR) is 82.3 cm³/mol. The molecule has 0 radical (unpaired) electrons. The highest BCUT2D eigenvalue weighted by Gasteiger charge is 2.12. The van der Waals surface area contributed by atoms with Crippen molar-refractivity contribution in [2.45, 2.75) is 32.2 Å². The average molecular weight is 321 g/mol. The van der Waals surface area contributed by atoms with E-state index in [1.807, 2.05) is 6.92 Å². The summed E-state index contributed by atoms with van der Waals surface area (Å²) in [5.74, 6) is 0.258. The Balaban J connectivity index is 0.00000180. The number of nitrogens with two attached hydrogens (primary N) is 1. The fourth-order valence-corrected chi connectivity index (χ4v) is 1.75. The molecular formula is C11H18Cl2N6O. The van der Waals surface area contributed by atoms with Gasteiger partial charge in [0.15, 0.2) is 17.0 Å². The molecule has 0 aliphatic heterocycles. The zero-order valence-electron chi connectivity index (χ0n) is 11.0. The fraction of sp³-hybridized carbons (Fsp3) is 0.455. The molecule has 2 aromatic heterocycles. The lowest BCUT2D eigenvalue weighted by Crippen LogP contribution is -2.27. The molecule has 0 fully saturated rings. The van der Waals surface area contributed by atoms with Crippen LogP contribution in [0, 0.1) is 0 Å². The molecule has 2 aromatic rings. The molecule has 4 N–H and O–H groups in total. The first-order valence-corrected chi connectivity index (χ1v) is 5.90. The van der Waals surface area contributed by atoms with Gasteiger partial charge in [-0.05, 0) is 6.42 Å². The van der Waals surface area contributed by atoms with Crippen LogP contribution in [0.3, 0.4) is 0 Å². The summed E-state index contributed by atoms with van der Waals surface area (Å²) < 4.78 is 0. The third-order valence-corrected chi connectivity index (χ3v) is 2.58. The van der Waals surface area contributed by atoms with Crippen LogP contribution in [0.5, 0.6) is 0 Å². The minimum atomic E-state index is -0.154. The SMILES string of the molecule is CCCC(N)CC(=O)Nc1ncnc2[nH]cnc12.Cl.Cl. The van der Waals surface area contributed by atoms with Crippen molar-refractivity contribution in [1.82, 2.24) is 19.9 Å². The van der Waals surface area contributed by atoms with E-state index in [9.17, 15) is 4.79 Å². The number of fused-ring (bicyclic) bond motifs is 1. The van der Waals surface area contributed by atoms with E-state index in [0.717, 1.165) is 12.8 Å². The number of aromatic amines is 1. The quantitative estimate of drug-likeness (QED) is 0.776. The molecule has 0 aromatic carbocycles. The molecule has 2 rings (SSSR count). The van der Waals surface area contributed by atoms with Crippen LogP contribution in [0.15, 0.2) is 12.7 Å². The number of imidazole rings is 1. The van der Waals surface area contributed by atoms with Gasteiger partial charge in [0.25, 0.3) is 0 Å². The van der Waals surface area contributed by atoms with E-state index in [2.05, 4.69) is 25.3 Å². The minimum absolute atomic E-state index is 0. The van der Waals surface area contributed by atoms with E-state index in [0.29, 0.717) is 17.0 Å². The molecule has 7 nitrogen and oxygen atoms in total. The zero-order chi connectivity index (χ0) is 13.0. The predicted octanol–water partition coefficient (Wildman–Crippen LogP) is 1.65. The number of rotatable bonds is 5. The standard InChI is InChI=1S/C11H16N6O.2ClH/c1-2-3-7(12)4-8(18)17-11-9-10(14-5-13-9)15-6-16-11;;/h5-7H,2-4,12H2,1H3,(H2,13,14,15,16,17,18);2*1H. The van der Waals surface area contributed by atoms with Crippen molar-refractivity contribution in [1.29, 1.82) is 0 Å². The molecule has 20 heavy (non-hydrogen) atoms. The number of nitrogens with one attached hydrogen (secondary N) is 2. The Morgan fingerprint density at radius 3 is 2.85 bits per heavy atom. The molecule has 1 amide bonds. The molecule has 9 heteroatoms. The number of aromatic nitrogens is 4. The van der Waals surface area contributed by atoms with Crippen LogP contribution in [0.1, 0.15) is 26.2 Å². The molecule has 2 heterocycles. The van der Waals surface area contributed by atoms with Crippen molar-refractivity contribution >= 4 is 47.7 Å². The van der Waals surface area contributed by atoms with Crippen molar-refractivity contribution in [3.63, 3.8) is 0 Å². The van der Waals surface area contributed by atoms with Gasteiger partial charge < -0.3 is 16.0 Å². The molecule has 0 saturated heterocycles. The fourth-order valence-electron chi connectivity index (χ4n) is 1.75. The average Bonchev–Trinajstić information content (AvgIpc) is 2.78. The molecule has 0 aliphatic rings. The Morgan fingerprint density at radius 1 is 1.40 bits per heavy atom. The summed E-state index contributed by atoms with van der Waals surface area (Å²) in [4.78, 5) is 26.7. The summed E-state index contributed by atoms with van der Waals surface area (Å²) >= 11 is 0. The number of nitrogens with zero attached hydrogens (tertiary/aromatic N) is 3. The zero-order valence-corrected chi connectivity index (χ0v) is 12.6. The maximum atomic E-state index is 11.8. The number of anilines is 1. The van der Waals surface area contributed by atoms with Gasteiger partial charge in [-0.2, -0.15) is 0 Å². The van der Waals surface area contributed by atoms with Gasteiger partial charge in [-0.15, -0.1) is 24.8 Å². The lowest BCUT2D eigenvalue weighted by molar-refractivity contribution is -0.116. The molecule has 1 unspecified atom stereocenters. The van der Waals surface area contributed by atoms with E-state index in [1.165, 1.54) is 12.7 Å².